The largest absolute Gasteiger partial charge is 0.486 e. The lowest BCUT2D eigenvalue weighted by Gasteiger charge is -2.21. The number of methoxy groups -OCH3 is 1. The zero-order valence-electron chi connectivity index (χ0n) is 11.1. The molecule has 0 amide bonds. The summed E-state index contributed by atoms with van der Waals surface area (Å²) in [6, 6.07) is 5.69. The lowest BCUT2D eigenvalue weighted by molar-refractivity contribution is 0.0585. The average molecular weight is 268 g/mol. The fourth-order valence-electron chi connectivity index (χ4n) is 1.86. The summed E-state index contributed by atoms with van der Waals surface area (Å²) < 4.78 is 21.4. The van der Waals surface area contributed by atoms with Gasteiger partial charge in [0.1, 0.15) is 13.2 Å². The Morgan fingerprint density at radius 2 is 2.05 bits per heavy atom. The molecule has 6 nitrogen and oxygen atoms in total. The van der Waals surface area contributed by atoms with Crippen molar-refractivity contribution in [1.29, 1.82) is 0 Å². The summed E-state index contributed by atoms with van der Waals surface area (Å²) in [4.78, 5) is 0. The van der Waals surface area contributed by atoms with Crippen molar-refractivity contribution in [2.24, 2.45) is 5.84 Å². The first kappa shape index (κ1) is 14.1. The molecule has 1 heterocycles. The molecule has 6 heteroatoms. The Balaban J connectivity index is 1.97. The van der Waals surface area contributed by atoms with E-state index in [9.17, 15) is 0 Å². The summed E-state index contributed by atoms with van der Waals surface area (Å²) in [6.45, 7) is 2.74. The van der Waals surface area contributed by atoms with Gasteiger partial charge in [-0.15, -0.1) is 0 Å². The number of rotatable bonds is 7. The van der Waals surface area contributed by atoms with Gasteiger partial charge in [0.15, 0.2) is 11.5 Å². The van der Waals surface area contributed by atoms with Crippen LogP contribution >= 0.6 is 0 Å². The van der Waals surface area contributed by atoms with Crippen molar-refractivity contribution in [2.75, 3.05) is 40.1 Å². The number of nitrogens with two attached hydrogens (primary N) is 1. The molecule has 0 fully saturated rings. The van der Waals surface area contributed by atoms with E-state index >= 15 is 0 Å². The van der Waals surface area contributed by atoms with Crippen LogP contribution in [0.25, 0.3) is 0 Å². The van der Waals surface area contributed by atoms with E-state index in [1.165, 1.54) is 0 Å². The lowest BCUT2D eigenvalue weighted by atomic mass is 10.1. The van der Waals surface area contributed by atoms with Crippen LogP contribution in [0.15, 0.2) is 18.2 Å². The van der Waals surface area contributed by atoms with Crippen LogP contribution in [0.1, 0.15) is 11.6 Å². The van der Waals surface area contributed by atoms with Crippen molar-refractivity contribution in [3.05, 3.63) is 23.8 Å². The van der Waals surface area contributed by atoms with Gasteiger partial charge in [0.05, 0.1) is 25.9 Å². The first-order valence-corrected chi connectivity index (χ1v) is 6.27. The summed E-state index contributed by atoms with van der Waals surface area (Å²) in [7, 11) is 1.64. The highest BCUT2D eigenvalue weighted by molar-refractivity contribution is 5.44. The zero-order chi connectivity index (χ0) is 13.5. The third-order valence-corrected chi connectivity index (χ3v) is 2.89. The molecule has 3 N–H and O–H groups in total. The Hall–Kier alpha value is -1.34. The quantitative estimate of drug-likeness (QED) is 0.429. The van der Waals surface area contributed by atoms with Gasteiger partial charge in [0.25, 0.3) is 0 Å². The van der Waals surface area contributed by atoms with Crippen LogP contribution in [0.2, 0.25) is 0 Å². The van der Waals surface area contributed by atoms with Crippen molar-refractivity contribution in [3.8, 4) is 11.5 Å². The molecule has 0 aromatic heterocycles. The molecular weight excluding hydrogens is 248 g/mol. The first-order valence-electron chi connectivity index (χ1n) is 6.27. The van der Waals surface area contributed by atoms with E-state index in [-0.39, 0.29) is 6.04 Å². The Morgan fingerprint density at radius 1 is 1.26 bits per heavy atom. The molecule has 0 spiro atoms. The molecule has 0 saturated heterocycles. The number of benzene rings is 1. The van der Waals surface area contributed by atoms with Gasteiger partial charge in [-0.3, -0.25) is 11.3 Å². The Labute approximate surface area is 112 Å². The molecule has 1 atom stereocenters. The van der Waals surface area contributed by atoms with Gasteiger partial charge in [-0.1, -0.05) is 6.07 Å². The van der Waals surface area contributed by atoms with Crippen molar-refractivity contribution in [2.45, 2.75) is 6.04 Å². The summed E-state index contributed by atoms with van der Waals surface area (Å²) >= 11 is 0. The molecule has 19 heavy (non-hydrogen) atoms. The van der Waals surface area contributed by atoms with E-state index in [1.807, 2.05) is 18.2 Å². The van der Waals surface area contributed by atoms with Crippen LogP contribution in [0.4, 0.5) is 0 Å². The maximum absolute atomic E-state index is 5.56. The smallest absolute Gasteiger partial charge is 0.161 e. The topological polar surface area (TPSA) is 75.0 Å². The SMILES string of the molecule is COCCOCC(NN)c1ccc2c(c1)OCCO2. The molecular formula is C13H20N2O4. The minimum atomic E-state index is -0.0901. The van der Waals surface area contributed by atoms with Crippen molar-refractivity contribution in [1.82, 2.24) is 5.43 Å². The standard InChI is InChI=1S/C13H20N2O4/c1-16-4-5-17-9-11(15-14)10-2-3-12-13(8-10)19-7-6-18-12/h2-3,8,11,15H,4-7,9,14H2,1H3. The number of hydrogen-bond donors (Lipinski definition) is 2. The van der Waals surface area contributed by atoms with Crippen LogP contribution in [-0.4, -0.2) is 40.1 Å². The van der Waals surface area contributed by atoms with Gasteiger partial charge in [-0.25, -0.2) is 0 Å². The summed E-state index contributed by atoms with van der Waals surface area (Å²) in [5.74, 6) is 7.08. The zero-order valence-corrected chi connectivity index (χ0v) is 11.1. The molecule has 1 aromatic rings. The molecule has 0 saturated carbocycles. The Morgan fingerprint density at radius 3 is 2.79 bits per heavy atom. The van der Waals surface area contributed by atoms with E-state index in [0.29, 0.717) is 33.0 Å². The third-order valence-electron chi connectivity index (χ3n) is 2.89. The summed E-state index contributed by atoms with van der Waals surface area (Å²) in [5, 5.41) is 0. The van der Waals surface area contributed by atoms with Crippen molar-refractivity contribution < 1.29 is 18.9 Å². The fourth-order valence-corrected chi connectivity index (χ4v) is 1.86. The average Bonchev–Trinajstić information content (AvgIpc) is 2.47. The fraction of sp³-hybridized carbons (Fsp3) is 0.538. The highest BCUT2D eigenvalue weighted by Gasteiger charge is 2.16. The lowest BCUT2D eigenvalue weighted by Crippen LogP contribution is -2.32. The third kappa shape index (κ3) is 3.81. The van der Waals surface area contributed by atoms with E-state index in [2.05, 4.69) is 5.43 Å². The van der Waals surface area contributed by atoms with E-state index < -0.39 is 0 Å². The normalized spacial score (nSPS) is 15.3. The highest BCUT2D eigenvalue weighted by Crippen LogP contribution is 2.32. The van der Waals surface area contributed by atoms with E-state index in [4.69, 9.17) is 24.8 Å². The number of hydrogen-bond acceptors (Lipinski definition) is 6. The highest BCUT2D eigenvalue weighted by atomic mass is 16.6. The molecule has 1 aromatic carbocycles. The second-order valence-electron chi connectivity index (χ2n) is 4.19. The molecule has 0 radical (unpaired) electrons. The van der Waals surface area contributed by atoms with Gasteiger partial charge < -0.3 is 18.9 Å². The summed E-state index contributed by atoms with van der Waals surface area (Å²) in [6.07, 6.45) is 0. The monoisotopic (exact) mass is 268 g/mol. The minimum Gasteiger partial charge on any atom is -0.486 e. The van der Waals surface area contributed by atoms with Crippen LogP contribution < -0.4 is 20.7 Å². The van der Waals surface area contributed by atoms with E-state index in [0.717, 1.165) is 17.1 Å². The van der Waals surface area contributed by atoms with Crippen LogP contribution in [-0.2, 0) is 9.47 Å². The van der Waals surface area contributed by atoms with Crippen molar-refractivity contribution >= 4 is 0 Å². The predicted octanol–water partition coefficient (Wildman–Crippen LogP) is 0.625. The van der Waals surface area contributed by atoms with Gasteiger partial charge >= 0.3 is 0 Å². The van der Waals surface area contributed by atoms with Gasteiger partial charge in [-0.05, 0) is 17.7 Å². The summed E-state index contributed by atoms with van der Waals surface area (Å²) in [5.41, 5.74) is 3.74. The Bertz CT molecular complexity index is 400. The Kier molecular flexibility index (Phi) is 5.41. The molecule has 0 aliphatic carbocycles. The van der Waals surface area contributed by atoms with Gasteiger partial charge in [0, 0.05) is 7.11 Å². The van der Waals surface area contributed by atoms with Crippen molar-refractivity contribution in [3.63, 3.8) is 0 Å². The van der Waals surface area contributed by atoms with E-state index in [1.54, 1.807) is 7.11 Å². The van der Waals surface area contributed by atoms with Gasteiger partial charge in [0.2, 0.25) is 0 Å². The molecule has 2 rings (SSSR count). The van der Waals surface area contributed by atoms with Crippen LogP contribution in [0.5, 0.6) is 11.5 Å². The first-order chi connectivity index (χ1) is 9.35. The van der Waals surface area contributed by atoms with Gasteiger partial charge in [-0.2, -0.15) is 0 Å². The number of hydrazine groups is 1. The molecule has 0 bridgehead atoms. The van der Waals surface area contributed by atoms with Crippen LogP contribution in [0, 0.1) is 0 Å². The maximum atomic E-state index is 5.56. The second kappa shape index (κ2) is 7.30. The predicted molar refractivity (Wildman–Crippen MR) is 70.2 cm³/mol. The molecule has 106 valence electrons. The maximum Gasteiger partial charge on any atom is 0.161 e. The minimum absolute atomic E-state index is 0.0901. The molecule has 1 unspecified atom stereocenters. The number of fused-ring (bicyclic) bond motifs is 1. The van der Waals surface area contributed by atoms with Crippen LogP contribution in [0.3, 0.4) is 0 Å². The number of ether oxygens (including phenoxy) is 4. The second-order valence-corrected chi connectivity index (χ2v) is 4.19. The number of nitrogens with one attached hydrogen (secondary N) is 1. The molecule has 1 aliphatic heterocycles. The molecule has 1 aliphatic rings.